The van der Waals surface area contributed by atoms with Gasteiger partial charge in [0.25, 0.3) is 0 Å². The summed E-state index contributed by atoms with van der Waals surface area (Å²) < 4.78 is 16.2. The summed E-state index contributed by atoms with van der Waals surface area (Å²) in [7, 11) is -1.41. The van der Waals surface area contributed by atoms with Crippen LogP contribution in [0.5, 0.6) is 0 Å². The van der Waals surface area contributed by atoms with Crippen LogP contribution in [0.4, 0.5) is 5.69 Å². The van der Waals surface area contributed by atoms with E-state index in [1.165, 1.54) is 0 Å². The molecule has 1 atom stereocenters. The Kier molecular flexibility index (Phi) is 2.89. The first-order valence-electron chi connectivity index (χ1n) is 5.36. The van der Waals surface area contributed by atoms with Gasteiger partial charge in [-0.3, -0.25) is 0 Å². The molecular formula is C13H9ClN2OS. The third-order valence-corrected chi connectivity index (χ3v) is 3.90. The van der Waals surface area contributed by atoms with Gasteiger partial charge in [0.15, 0.2) is 11.0 Å². The molecule has 1 aliphatic heterocycles. The lowest BCUT2D eigenvalue weighted by Gasteiger charge is -2.17. The third-order valence-electron chi connectivity index (χ3n) is 2.61. The predicted molar refractivity (Wildman–Crippen MR) is 74.5 cm³/mol. The van der Waals surface area contributed by atoms with Crippen molar-refractivity contribution >= 4 is 34.1 Å². The van der Waals surface area contributed by atoms with Crippen molar-refractivity contribution in [2.45, 2.75) is 4.90 Å². The number of amidine groups is 1. The van der Waals surface area contributed by atoms with Crippen LogP contribution >= 0.6 is 11.6 Å². The highest BCUT2D eigenvalue weighted by Gasteiger charge is 2.18. The number of rotatable bonds is 1. The SMILES string of the molecule is O=S1N=C(c2ccccc2)Nc2ccc(Cl)cc21. The zero-order chi connectivity index (χ0) is 12.5. The molecule has 0 saturated carbocycles. The quantitative estimate of drug-likeness (QED) is 0.869. The molecule has 2 aromatic rings. The molecule has 0 radical (unpaired) electrons. The maximum absolute atomic E-state index is 12.0. The number of anilines is 1. The molecule has 3 nitrogen and oxygen atoms in total. The van der Waals surface area contributed by atoms with Gasteiger partial charge in [-0.05, 0) is 18.2 Å². The highest BCUT2D eigenvalue weighted by Crippen LogP contribution is 2.28. The van der Waals surface area contributed by atoms with E-state index in [0.717, 1.165) is 11.3 Å². The van der Waals surface area contributed by atoms with Crippen LogP contribution in [0.2, 0.25) is 5.02 Å². The molecule has 90 valence electrons. The van der Waals surface area contributed by atoms with Gasteiger partial charge in [-0.2, -0.15) is 4.40 Å². The van der Waals surface area contributed by atoms with Crippen LogP contribution < -0.4 is 5.32 Å². The Morgan fingerprint density at radius 3 is 2.67 bits per heavy atom. The maximum atomic E-state index is 12.0. The highest BCUT2D eigenvalue weighted by atomic mass is 35.5. The zero-order valence-corrected chi connectivity index (χ0v) is 10.8. The Balaban J connectivity index is 2.05. The van der Waals surface area contributed by atoms with Crippen LogP contribution in [0.25, 0.3) is 0 Å². The van der Waals surface area contributed by atoms with E-state index in [9.17, 15) is 4.21 Å². The number of nitrogens with zero attached hydrogens (tertiary/aromatic N) is 1. The van der Waals surface area contributed by atoms with E-state index in [0.29, 0.717) is 15.8 Å². The first-order chi connectivity index (χ1) is 8.74. The molecule has 1 heterocycles. The Labute approximate surface area is 112 Å². The summed E-state index contributed by atoms with van der Waals surface area (Å²) in [6, 6.07) is 14.8. The molecule has 0 bridgehead atoms. The van der Waals surface area contributed by atoms with Gasteiger partial charge >= 0.3 is 0 Å². The number of halogens is 1. The van der Waals surface area contributed by atoms with Crippen molar-refractivity contribution in [3.63, 3.8) is 0 Å². The van der Waals surface area contributed by atoms with Crippen LogP contribution in [-0.4, -0.2) is 10.0 Å². The van der Waals surface area contributed by atoms with Crippen molar-refractivity contribution in [3.8, 4) is 0 Å². The molecule has 0 aromatic heterocycles. The normalized spacial score (nSPS) is 17.6. The van der Waals surface area contributed by atoms with E-state index in [4.69, 9.17) is 11.6 Å². The standard InChI is InChI=1S/C13H9ClN2OS/c14-10-6-7-11-12(8-10)18(17)16-13(15-11)9-4-2-1-3-5-9/h1-8H,(H,15,16). The van der Waals surface area contributed by atoms with Gasteiger partial charge in [0.1, 0.15) is 5.84 Å². The molecule has 3 rings (SSSR count). The summed E-state index contributed by atoms with van der Waals surface area (Å²) in [5, 5.41) is 3.73. The molecule has 1 N–H and O–H groups in total. The van der Waals surface area contributed by atoms with Crippen molar-refractivity contribution in [2.75, 3.05) is 5.32 Å². The molecular weight excluding hydrogens is 268 g/mol. The van der Waals surface area contributed by atoms with Gasteiger partial charge in [-0.1, -0.05) is 41.9 Å². The lowest BCUT2D eigenvalue weighted by atomic mass is 10.2. The minimum Gasteiger partial charge on any atom is -0.338 e. The van der Waals surface area contributed by atoms with Crippen molar-refractivity contribution in [3.05, 3.63) is 59.1 Å². The fourth-order valence-electron chi connectivity index (χ4n) is 1.75. The summed E-state index contributed by atoms with van der Waals surface area (Å²) >= 11 is 5.88. The first kappa shape index (κ1) is 11.4. The summed E-state index contributed by atoms with van der Waals surface area (Å²) in [5.41, 5.74) is 1.69. The average molecular weight is 277 g/mol. The first-order valence-corrected chi connectivity index (χ1v) is 6.85. The van der Waals surface area contributed by atoms with Crippen LogP contribution in [0.15, 0.2) is 57.8 Å². The molecule has 1 unspecified atom stereocenters. The second kappa shape index (κ2) is 4.55. The largest absolute Gasteiger partial charge is 0.338 e. The van der Waals surface area contributed by atoms with E-state index in [2.05, 4.69) is 9.71 Å². The van der Waals surface area contributed by atoms with Gasteiger partial charge < -0.3 is 5.32 Å². The second-order valence-corrected chi connectivity index (χ2v) is 5.38. The number of hydrogen-bond acceptors (Lipinski definition) is 2. The lowest BCUT2D eigenvalue weighted by molar-refractivity contribution is 0.684. The fourth-order valence-corrected chi connectivity index (χ4v) is 2.93. The van der Waals surface area contributed by atoms with Crippen molar-refractivity contribution in [2.24, 2.45) is 4.40 Å². The topological polar surface area (TPSA) is 41.5 Å². The van der Waals surface area contributed by atoms with Crippen LogP contribution in [-0.2, 0) is 11.0 Å². The fraction of sp³-hybridized carbons (Fsp3) is 0. The van der Waals surface area contributed by atoms with Gasteiger partial charge in [0.05, 0.1) is 10.6 Å². The molecule has 0 saturated heterocycles. The summed E-state index contributed by atoms with van der Waals surface area (Å²) in [4.78, 5) is 0.613. The summed E-state index contributed by atoms with van der Waals surface area (Å²) in [6.07, 6.45) is 0. The van der Waals surface area contributed by atoms with Crippen molar-refractivity contribution in [1.82, 2.24) is 0 Å². The summed E-state index contributed by atoms with van der Waals surface area (Å²) in [5.74, 6) is 0.615. The van der Waals surface area contributed by atoms with Crippen molar-refractivity contribution < 1.29 is 4.21 Å². The highest BCUT2D eigenvalue weighted by molar-refractivity contribution is 7.84. The molecule has 1 aliphatic rings. The van der Waals surface area contributed by atoms with Crippen molar-refractivity contribution in [1.29, 1.82) is 0 Å². The minimum absolute atomic E-state index is 0.558. The molecule has 5 heteroatoms. The molecule has 0 aliphatic carbocycles. The molecule has 18 heavy (non-hydrogen) atoms. The predicted octanol–water partition coefficient (Wildman–Crippen LogP) is 3.23. The molecule has 2 aromatic carbocycles. The smallest absolute Gasteiger partial charge is 0.176 e. The Hall–Kier alpha value is -1.65. The van der Waals surface area contributed by atoms with Gasteiger partial charge in [-0.25, -0.2) is 4.21 Å². The van der Waals surface area contributed by atoms with Gasteiger partial charge in [0, 0.05) is 10.6 Å². The second-order valence-electron chi connectivity index (χ2n) is 3.82. The van der Waals surface area contributed by atoms with E-state index >= 15 is 0 Å². The van der Waals surface area contributed by atoms with Gasteiger partial charge in [0.2, 0.25) is 0 Å². The average Bonchev–Trinajstić information content (AvgIpc) is 2.40. The third kappa shape index (κ3) is 2.05. The van der Waals surface area contributed by atoms with E-state index in [1.807, 2.05) is 36.4 Å². The molecule has 0 fully saturated rings. The van der Waals surface area contributed by atoms with Crippen LogP contribution in [0.1, 0.15) is 5.56 Å². The number of fused-ring (bicyclic) bond motifs is 1. The maximum Gasteiger partial charge on any atom is 0.176 e. The van der Waals surface area contributed by atoms with E-state index in [1.54, 1.807) is 12.1 Å². The Morgan fingerprint density at radius 2 is 1.89 bits per heavy atom. The van der Waals surface area contributed by atoms with Crippen LogP contribution in [0.3, 0.4) is 0 Å². The molecule has 0 amide bonds. The lowest BCUT2D eigenvalue weighted by Crippen LogP contribution is -2.19. The number of benzene rings is 2. The zero-order valence-electron chi connectivity index (χ0n) is 9.26. The number of hydrogen-bond donors (Lipinski definition) is 1. The van der Waals surface area contributed by atoms with Gasteiger partial charge in [-0.15, -0.1) is 0 Å². The molecule has 0 spiro atoms. The van der Waals surface area contributed by atoms with E-state index < -0.39 is 11.0 Å². The van der Waals surface area contributed by atoms with E-state index in [-0.39, 0.29) is 0 Å². The summed E-state index contributed by atoms with van der Waals surface area (Å²) in [6.45, 7) is 0. The minimum atomic E-state index is -1.41. The number of nitrogens with one attached hydrogen (secondary N) is 1. The Morgan fingerprint density at radius 1 is 1.11 bits per heavy atom. The monoisotopic (exact) mass is 276 g/mol. The van der Waals surface area contributed by atoms with Crippen LogP contribution in [0, 0.1) is 0 Å². The Bertz CT molecular complexity index is 655.